The quantitative estimate of drug-likeness (QED) is 0.511. The van der Waals surface area contributed by atoms with Crippen LogP contribution in [0.3, 0.4) is 0 Å². The second-order valence-corrected chi connectivity index (χ2v) is 4.85. The molecule has 1 aromatic carbocycles. The highest BCUT2D eigenvalue weighted by Gasteiger charge is 2.44. The van der Waals surface area contributed by atoms with Crippen LogP contribution >= 0.6 is 0 Å². The van der Waals surface area contributed by atoms with Gasteiger partial charge in [-0.15, -0.1) is 0 Å². The molecule has 2 amide bonds. The first-order chi connectivity index (χ1) is 9.75. The molecule has 1 saturated heterocycles. The van der Waals surface area contributed by atoms with Gasteiger partial charge in [-0.3, -0.25) is 19.7 Å². The SMILES string of the molecule is CC1C(=O)N(c2ccc([N+](=O)[O-])cc2C(=O)O)C(=O)C1C. The van der Waals surface area contributed by atoms with Gasteiger partial charge in [0.05, 0.1) is 16.2 Å². The maximum Gasteiger partial charge on any atom is 0.338 e. The van der Waals surface area contributed by atoms with E-state index < -0.39 is 45.8 Å². The monoisotopic (exact) mass is 292 g/mol. The number of hydrogen-bond donors (Lipinski definition) is 1. The van der Waals surface area contributed by atoms with E-state index in [1.165, 1.54) is 0 Å². The van der Waals surface area contributed by atoms with Crippen LogP contribution in [-0.2, 0) is 9.59 Å². The summed E-state index contributed by atoms with van der Waals surface area (Å²) in [6.45, 7) is 3.16. The summed E-state index contributed by atoms with van der Waals surface area (Å²) < 4.78 is 0. The fourth-order valence-electron chi connectivity index (χ4n) is 2.18. The Morgan fingerprint density at radius 1 is 1.24 bits per heavy atom. The highest BCUT2D eigenvalue weighted by molar-refractivity contribution is 6.23. The zero-order valence-electron chi connectivity index (χ0n) is 11.3. The Balaban J connectivity index is 2.59. The van der Waals surface area contributed by atoms with E-state index in [9.17, 15) is 24.5 Å². The zero-order valence-corrected chi connectivity index (χ0v) is 11.3. The lowest BCUT2D eigenvalue weighted by molar-refractivity contribution is -0.384. The van der Waals surface area contributed by atoms with Crippen molar-refractivity contribution in [3.8, 4) is 0 Å². The molecule has 2 rings (SSSR count). The molecule has 1 fully saturated rings. The molecular weight excluding hydrogens is 280 g/mol. The van der Waals surface area contributed by atoms with Crippen molar-refractivity contribution < 1.29 is 24.4 Å². The number of imide groups is 1. The molecule has 0 radical (unpaired) electrons. The first-order valence-electron chi connectivity index (χ1n) is 6.15. The summed E-state index contributed by atoms with van der Waals surface area (Å²) in [5, 5.41) is 19.9. The van der Waals surface area contributed by atoms with Gasteiger partial charge >= 0.3 is 5.97 Å². The third kappa shape index (κ3) is 2.24. The smallest absolute Gasteiger partial charge is 0.338 e. The summed E-state index contributed by atoms with van der Waals surface area (Å²) in [6.07, 6.45) is 0. The van der Waals surface area contributed by atoms with Gasteiger partial charge in [-0.05, 0) is 6.07 Å². The van der Waals surface area contributed by atoms with Gasteiger partial charge in [-0.1, -0.05) is 13.8 Å². The number of carboxylic acids is 1. The summed E-state index contributed by atoms with van der Waals surface area (Å²) >= 11 is 0. The summed E-state index contributed by atoms with van der Waals surface area (Å²) in [7, 11) is 0. The normalized spacial score (nSPS) is 21.7. The van der Waals surface area contributed by atoms with Crippen molar-refractivity contribution in [2.45, 2.75) is 13.8 Å². The number of nitro groups is 1. The Hall–Kier alpha value is -2.77. The molecule has 0 spiro atoms. The summed E-state index contributed by atoms with van der Waals surface area (Å²) in [5.74, 6) is -3.59. The predicted octanol–water partition coefficient (Wildman–Crippen LogP) is 1.44. The number of hydrogen-bond acceptors (Lipinski definition) is 5. The number of carbonyl (C=O) groups excluding carboxylic acids is 2. The van der Waals surface area contributed by atoms with E-state index in [0.29, 0.717) is 0 Å². The van der Waals surface area contributed by atoms with Gasteiger partial charge in [0.1, 0.15) is 0 Å². The standard InChI is InChI=1S/C13H12N2O6/c1-6-7(2)12(17)14(11(6)16)10-4-3-8(15(20)21)5-9(10)13(18)19/h3-7H,1-2H3,(H,18,19). The van der Waals surface area contributed by atoms with Gasteiger partial charge in [0.25, 0.3) is 5.69 Å². The second kappa shape index (κ2) is 4.97. The number of benzene rings is 1. The molecular formula is C13H12N2O6. The van der Waals surface area contributed by atoms with E-state index in [-0.39, 0.29) is 5.69 Å². The predicted molar refractivity (Wildman–Crippen MR) is 70.9 cm³/mol. The van der Waals surface area contributed by atoms with E-state index in [1.54, 1.807) is 13.8 Å². The first-order valence-corrected chi connectivity index (χ1v) is 6.15. The number of nitrogens with zero attached hydrogens (tertiary/aromatic N) is 2. The molecule has 0 aromatic heterocycles. The molecule has 0 bridgehead atoms. The number of nitro benzene ring substituents is 1. The molecule has 8 heteroatoms. The molecule has 2 unspecified atom stereocenters. The van der Waals surface area contributed by atoms with E-state index in [2.05, 4.69) is 0 Å². The van der Waals surface area contributed by atoms with Crippen LogP contribution in [0.5, 0.6) is 0 Å². The van der Waals surface area contributed by atoms with Gasteiger partial charge in [0.2, 0.25) is 11.8 Å². The summed E-state index contributed by atoms with van der Waals surface area (Å²) in [4.78, 5) is 46.2. The van der Waals surface area contributed by atoms with Crippen molar-refractivity contribution in [3.63, 3.8) is 0 Å². The Morgan fingerprint density at radius 2 is 1.76 bits per heavy atom. The minimum absolute atomic E-state index is 0.140. The highest BCUT2D eigenvalue weighted by atomic mass is 16.6. The van der Waals surface area contributed by atoms with Crippen LogP contribution in [0.1, 0.15) is 24.2 Å². The molecule has 1 N–H and O–H groups in total. The van der Waals surface area contributed by atoms with Crippen LogP contribution in [0.4, 0.5) is 11.4 Å². The Labute approximate surface area is 119 Å². The van der Waals surface area contributed by atoms with Crippen molar-refractivity contribution in [1.82, 2.24) is 0 Å². The Kier molecular flexibility index (Phi) is 3.46. The van der Waals surface area contributed by atoms with Gasteiger partial charge in [0.15, 0.2) is 0 Å². The molecule has 1 heterocycles. The molecule has 1 aliphatic heterocycles. The van der Waals surface area contributed by atoms with Crippen LogP contribution in [-0.4, -0.2) is 27.8 Å². The average molecular weight is 292 g/mol. The summed E-state index contributed by atoms with van der Waals surface area (Å²) in [5.41, 5.74) is -1.01. The van der Waals surface area contributed by atoms with Crippen LogP contribution in [0, 0.1) is 22.0 Å². The first kappa shape index (κ1) is 14.6. The number of anilines is 1. The largest absolute Gasteiger partial charge is 0.478 e. The highest BCUT2D eigenvalue weighted by Crippen LogP contribution is 2.34. The number of non-ortho nitro benzene ring substituents is 1. The molecule has 1 aromatic rings. The maximum absolute atomic E-state index is 12.1. The summed E-state index contributed by atoms with van der Waals surface area (Å²) in [6, 6.07) is 3.02. The maximum atomic E-state index is 12.1. The third-order valence-corrected chi connectivity index (χ3v) is 3.63. The van der Waals surface area contributed by atoms with Gasteiger partial charge in [-0.25, -0.2) is 9.69 Å². The molecule has 2 atom stereocenters. The van der Waals surface area contributed by atoms with Crippen LogP contribution in [0.15, 0.2) is 18.2 Å². The fraction of sp³-hybridized carbons (Fsp3) is 0.308. The number of rotatable bonds is 3. The van der Waals surface area contributed by atoms with Gasteiger partial charge in [-0.2, -0.15) is 0 Å². The molecule has 1 aliphatic rings. The van der Waals surface area contributed by atoms with E-state index in [0.717, 1.165) is 23.1 Å². The average Bonchev–Trinajstić information content (AvgIpc) is 2.62. The van der Waals surface area contributed by atoms with Crippen LogP contribution in [0.25, 0.3) is 0 Å². The minimum Gasteiger partial charge on any atom is -0.478 e. The van der Waals surface area contributed by atoms with Crippen molar-refractivity contribution in [2.75, 3.05) is 4.90 Å². The lowest BCUT2D eigenvalue weighted by Gasteiger charge is -2.16. The lowest BCUT2D eigenvalue weighted by atomic mass is 10.00. The van der Waals surface area contributed by atoms with Crippen LogP contribution in [0.2, 0.25) is 0 Å². The Bertz CT molecular complexity index is 649. The molecule has 110 valence electrons. The molecule has 0 aliphatic carbocycles. The number of carboxylic acid groups (broad SMARTS) is 1. The van der Waals surface area contributed by atoms with Crippen molar-refractivity contribution in [3.05, 3.63) is 33.9 Å². The number of carbonyl (C=O) groups is 3. The number of aromatic carboxylic acids is 1. The molecule has 0 saturated carbocycles. The number of amides is 2. The lowest BCUT2D eigenvalue weighted by Crippen LogP contribution is -2.32. The van der Waals surface area contributed by atoms with E-state index >= 15 is 0 Å². The topological polar surface area (TPSA) is 118 Å². The van der Waals surface area contributed by atoms with Crippen molar-refractivity contribution in [2.24, 2.45) is 11.8 Å². The zero-order chi connectivity index (χ0) is 15.9. The minimum atomic E-state index is -1.44. The fourth-order valence-corrected chi connectivity index (χ4v) is 2.18. The molecule has 8 nitrogen and oxygen atoms in total. The van der Waals surface area contributed by atoms with Gasteiger partial charge in [0, 0.05) is 24.0 Å². The van der Waals surface area contributed by atoms with E-state index in [4.69, 9.17) is 5.11 Å². The van der Waals surface area contributed by atoms with Gasteiger partial charge < -0.3 is 5.11 Å². The second-order valence-electron chi connectivity index (χ2n) is 4.85. The third-order valence-electron chi connectivity index (χ3n) is 3.63. The van der Waals surface area contributed by atoms with Crippen molar-refractivity contribution >= 4 is 29.2 Å². The van der Waals surface area contributed by atoms with Crippen molar-refractivity contribution in [1.29, 1.82) is 0 Å². The Morgan fingerprint density at radius 3 is 2.19 bits per heavy atom. The molecule has 21 heavy (non-hydrogen) atoms. The van der Waals surface area contributed by atoms with Crippen LogP contribution < -0.4 is 4.90 Å². The van der Waals surface area contributed by atoms with E-state index in [1.807, 2.05) is 0 Å².